The topological polar surface area (TPSA) is 78.4 Å². The van der Waals surface area contributed by atoms with Gasteiger partial charge < -0.3 is 16.0 Å². The molecule has 1 saturated carbocycles. The lowest BCUT2D eigenvalue weighted by Crippen LogP contribution is -2.40. The first-order valence-corrected chi connectivity index (χ1v) is 8.64. The van der Waals surface area contributed by atoms with Gasteiger partial charge in [0.05, 0.1) is 6.54 Å². The number of carbonyl (C=O) groups excluding carboxylic acids is 1. The van der Waals surface area contributed by atoms with Crippen LogP contribution in [-0.2, 0) is 11.3 Å². The van der Waals surface area contributed by atoms with Gasteiger partial charge in [0.2, 0.25) is 5.91 Å². The Morgan fingerprint density at radius 3 is 2.82 bits per heavy atom. The van der Waals surface area contributed by atoms with Crippen LogP contribution >= 0.6 is 11.3 Å². The summed E-state index contributed by atoms with van der Waals surface area (Å²) in [6.45, 7) is 3.26. The molecule has 22 heavy (non-hydrogen) atoms. The molecule has 0 aliphatic heterocycles. The second-order valence-electron chi connectivity index (χ2n) is 5.52. The first-order chi connectivity index (χ1) is 10.7. The van der Waals surface area contributed by atoms with Crippen molar-refractivity contribution in [3.8, 4) is 0 Å². The average Bonchev–Trinajstić information content (AvgIpc) is 3.14. The lowest BCUT2D eigenvalue weighted by atomic mass is 10.2. The van der Waals surface area contributed by atoms with Crippen molar-refractivity contribution in [1.29, 1.82) is 0 Å². The van der Waals surface area contributed by atoms with Crippen molar-refractivity contribution in [3.05, 3.63) is 16.1 Å². The highest BCUT2D eigenvalue weighted by atomic mass is 32.1. The Labute approximate surface area is 135 Å². The zero-order valence-electron chi connectivity index (χ0n) is 13.3. The smallest absolute Gasteiger partial charge is 0.221 e. The summed E-state index contributed by atoms with van der Waals surface area (Å²) in [7, 11) is 1.72. The molecule has 1 heterocycles. The van der Waals surface area contributed by atoms with Crippen LogP contribution in [0.1, 0.15) is 42.0 Å². The molecule has 1 fully saturated rings. The van der Waals surface area contributed by atoms with E-state index in [9.17, 15) is 4.79 Å². The number of nitrogens with one attached hydrogen (secondary N) is 3. The van der Waals surface area contributed by atoms with E-state index in [1.165, 1.54) is 17.7 Å². The molecule has 0 spiro atoms. The Balaban J connectivity index is 1.62. The molecule has 0 unspecified atom stereocenters. The Hall–Kier alpha value is -1.63. The number of aryl methyl sites for hydroxylation is 1. The summed E-state index contributed by atoms with van der Waals surface area (Å²) in [6.07, 6.45) is 7.04. The Morgan fingerprint density at radius 2 is 2.18 bits per heavy atom. The normalized spacial score (nSPS) is 15.8. The van der Waals surface area contributed by atoms with Gasteiger partial charge in [-0.3, -0.25) is 9.79 Å². The van der Waals surface area contributed by atoms with Crippen LogP contribution in [0.4, 0.5) is 0 Å². The summed E-state index contributed by atoms with van der Waals surface area (Å²) in [6, 6.07) is 0.387. The van der Waals surface area contributed by atoms with Crippen molar-refractivity contribution in [3.63, 3.8) is 0 Å². The monoisotopic (exact) mass is 323 g/mol. The van der Waals surface area contributed by atoms with Crippen LogP contribution in [0.3, 0.4) is 0 Å². The van der Waals surface area contributed by atoms with E-state index in [1.54, 1.807) is 18.4 Å². The van der Waals surface area contributed by atoms with E-state index in [0.717, 1.165) is 17.8 Å². The number of carbonyl (C=O) groups is 1. The third kappa shape index (κ3) is 5.63. The summed E-state index contributed by atoms with van der Waals surface area (Å²) in [5.74, 6) is 0.812. The number of aromatic nitrogens is 1. The van der Waals surface area contributed by atoms with Crippen LogP contribution < -0.4 is 16.0 Å². The van der Waals surface area contributed by atoms with Crippen LogP contribution in [0.15, 0.2) is 11.2 Å². The predicted molar refractivity (Wildman–Crippen MR) is 90.1 cm³/mol. The predicted octanol–water partition coefficient (Wildman–Crippen LogP) is 1.57. The molecule has 3 N–H and O–H groups in total. The fourth-order valence-electron chi connectivity index (χ4n) is 2.53. The van der Waals surface area contributed by atoms with Gasteiger partial charge in [-0.1, -0.05) is 12.8 Å². The standard InChI is InChI=1S/C15H25N5OS/c1-11-9-18-14(22-11)10-19-15(16-2)17-8-7-13(21)20-12-5-3-4-6-12/h9,12H,3-8,10H2,1-2H3,(H,20,21)(H2,16,17,19). The zero-order chi connectivity index (χ0) is 15.8. The summed E-state index contributed by atoms with van der Waals surface area (Å²) >= 11 is 1.67. The molecule has 0 atom stereocenters. The Morgan fingerprint density at radius 1 is 1.41 bits per heavy atom. The van der Waals surface area contributed by atoms with Gasteiger partial charge in [0.1, 0.15) is 5.01 Å². The molecule has 7 heteroatoms. The Kier molecular flexibility index (Phi) is 6.64. The number of rotatable bonds is 6. The van der Waals surface area contributed by atoms with E-state index < -0.39 is 0 Å². The van der Waals surface area contributed by atoms with Gasteiger partial charge in [0.25, 0.3) is 0 Å². The molecule has 0 bridgehead atoms. The molecule has 1 amide bonds. The van der Waals surface area contributed by atoms with Crippen LogP contribution in [0.5, 0.6) is 0 Å². The number of hydrogen-bond donors (Lipinski definition) is 3. The quantitative estimate of drug-likeness (QED) is 0.548. The van der Waals surface area contributed by atoms with Crippen molar-refractivity contribution in [2.45, 2.75) is 51.6 Å². The van der Waals surface area contributed by atoms with Crippen LogP contribution in [0.2, 0.25) is 0 Å². The van der Waals surface area contributed by atoms with Gasteiger partial charge >= 0.3 is 0 Å². The lowest BCUT2D eigenvalue weighted by molar-refractivity contribution is -0.121. The SMILES string of the molecule is CN=C(NCCC(=O)NC1CCCC1)NCc1ncc(C)s1. The van der Waals surface area contributed by atoms with E-state index in [4.69, 9.17) is 0 Å². The number of aliphatic imine (C=N–C) groups is 1. The largest absolute Gasteiger partial charge is 0.356 e. The van der Waals surface area contributed by atoms with E-state index in [2.05, 4.69) is 25.9 Å². The van der Waals surface area contributed by atoms with Crippen molar-refractivity contribution < 1.29 is 4.79 Å². The van der Waals surface area contributed by atoms with Gasteiger partial charge in [0.15, 0.2) is 5.96 Å². The lowest BCUT2D eigenvalue weighted by Gasteiger charge is -2.13. The maximum Gasteiger partial charge on any atom is 0.221 e. The van der Waals surface area contributed by atoms with Gasteiger partial charge in [-0.05, 0) is 19.8 Å². The third-order valence-electron chi connectivity index (χ3n) is 3.66. The number of nitrogens with zero attached hydrogens (tertiary/aromatic N) is 2. The zero-order valence-corrected chi connectivity index (χ0v) is 14.1. The minimum absolute atomic E-state index is 0.116. The first-order valence-electron chi connectivity index (χ1n) is 7.82. The highest BCUT2D eigenvalue weighted by Crippen LogP contribution is 2.17. The molecule has 0 aromatic carbocycles. The highest BCUT2D eigenvalue weighted by Gasteiger charge is 2.16. The molecular formula is C15H25N5OS. The van der Waals surface area contributed by atoms with Crippen molar-refractivity contribution >= 4 is 23.2 Å². The molecule has 2 rings (SSSR count). The van der Waals surface area contributed by atoms with Crippen molar-refractivity contribution in [2.75, 3.05) is 13.6 Å². The van der Waals surface area contributed by atoms with Gasteiger partial charge in [-0.2, -0.15) is 0 Å². The molecule has 122 valence electrons. The second-order valence-corrected chi connectivity index (χ2v) is 6.84. The minimum atomic E-state index is 0.116. The molecule has 1 aromatic rings. The van der Waals surface area contributed by atoms with Crippen molar-refractivity contribution in [2.24, 2.45) is 4.99 Å². The van der Waals surface area contributed by atoms with Gasteiger partial charge in [0, 0.05) is 37.1 Å². The molecule has 0 radical (unpaired) electrons. The number of amides is 1. The summed E-state index contributed by atoms with van der Waals surface area (Å²) in [5, 5.41) is 10.5. The number of thiazole rings is 1. The first kappa shape index (κ1) is 16.7. The molecule has 6 nitrogen and oxygen atoms in total. The number of hydrogen-bond acceptors (Lipinski definition) is 4. The molecule has 1 aromatic heterocycles. The van der Waals surface area contributed by atoms with E-state index in [1.807, 2.05) is 13.1 Å². The maximum atomic E-state index is 11.8. The van der Waals surface area contributed by atoms with E-state index in [0.29, 0.717) is 31.5 Å². The van der Waals surface area contributed by atoms with E-state index >= 15 is 0 Å². The maximum absolute atomic E-state index is 11.8. The van der Waals surface area contributed by atoms with Crippen LogP contribution in [-0.4, -0.2) is 36.5 Å². The Bertz CT molecular complexity index is 508. The molecule has 0 saturated heterocycles. The van der Waals surface area contributed by atoms with Crippen molar-refractivity contribution in [1.82, 2.24) is 20.9 Å². The van der Waals surface area contributed by atoms with Gasteiger partial charge in [-0.15, -0.1) is 11.3 Å². The molecule has 1 aliphatic rings. The molecular weight excluding hydrogens is 298 g/mol. The minimum Gasteiger partial charge on any atom is -0.356 e. The summed E-state index contributed by atoms with van der Waals surface area (Å²) in [4.78, 5) is 21.5. The second kappa shape index (κ2) is 8.73. The van der Waals surface area contributed by atoms with Crippen LogP contribution in [0, 0.1) is 6.92 Å². The average molecular weight is 323 g/mol. The molecule has 1 aliphatic carbocycles. The summed E-state index contributed by atoms with van der Waals surface area (Å²) in [5.41, 5.74) is 0. The summed E-state index contributed by atoms with van der Waals surface area (Å²) < 4.78 is 0. The van der Waals surface area contributed by atoms with Gasteiger partial charge in [-0.25, -0.2) is 4.98 Å². The number of guanidine groups is 1. The fraction of sp³-hybridized carbons (Fsp3) is 0.667. The third-order valence-corrected chi connectivity index (χ3v) is 4.58. The fourth-order valence-corrected chi connectivity index (χ4v) is 3.25. The highest BCUT2D eigenvalue weighted by molar-refractivity contribution is 7.11. The van der Waals surface area contributed by atoms with E-state index in [-0.39, 0.29) is 5.91 Å². The van der Waals surface area contributed by atoms with Crippen LogP contribution in [0.25, 0.3) is 0 Å².